The first-order valence-electron chi connectivity index (χ1n) is 11.2. The fourth-order valence-electron chi connectivity index (χ4n) is 4.29. The van der Waals surface area contributed by atoms with E-state index < -0.39 is 26.9 Å². The van der Waals surface area contributed by atoms with Gasteiger partial charge in [0, 0.05) is 32.0 Å². The van der Waals surface area contributed by atoms with Crippen LogP contribution < -0.4 is 4.72 Å². The van der Waals surface area contributed by atoms with Crippen molar-refractivity contribution in [2.45, 2.75) is 36.7 Å². The van der Waals surface area contributed by atoms with Crippen molar-refractivity contribution < 1.29 is 17.9 Å². The molecule has 0 saturated heterocycles. The number of ether oxygens (including phenoxy) is 2. The van der Waals surface area contributed by atoms with E-state index in [0.29, 0.717) is 23.1 Å². The minimum atomic E-state index is -4.03. The van der Waals surface area contributed by atoms with E-state index in [9.17, 15) is 8.42 Å². The Balaban J connectivity index is 1.54. The van der Waals surface area contributed by atoms with Crippen LogP contribution in [0.15, 0.2) is 36.7 Å². The summed E-state index contributed by atoms with van der Waals surface area (Å²) in [6, 6.07) is 7.63. The van der Waals surface area contributed by atoms with Crippen molar-refractivity contribution in [2.24, 2.45) is 0 Å². The number of hydrogen-bond donors (Lipinski definition) is 2. The highest BCUT2D eigenvalue weighted by Gasteiger charge is 2.49. The van der Waals surface area contributed by atoms with Crippen molar-refractivity contribution in [2.75, 3.05) is 25.5 Å². The van der Waals surface area contributed by atoms with E-state index in [2.05, 4.69) is 35.1 Å². The van der Waals surface area contributed by atoms with E-state index in [1.807, 2.05) is 24.3 Å². The molecule has 2 N–H and O–H groups in total. The Labute approximate surface area is 212 Å². The molecule has 1 fully saturated rings. The van der Waals surface area contributed by atoms with Gasteiger partial charge in [-0.15, -0.1) is 10.2 Å². The first-order chi connectivity index (χ1) is 17.3. The SMILES string of the molecule is COCC1(n2c(NS(=O)(=O)C(C)C(OC)c3ncc(Cl)cn3)nnc2-c2n[nH]c3ccccc23)CC1. The third kappa shape index (κ3) is 4.32. The molecule has 0 spiro atoms. The van der Waals surface area contributed by atoms with Crippen molar-refractivity contribution in [1.82, 2.24) is 34.9 Å². The van der Waals surface area contributed by atoms with Crippen LogP contribution in [0.5, 0.6) is 0 Å². The number of methoxy groups -OCH3 is 2. The Bertz CT molecular complexity index is 1480. The molecule has 3 heterocycles. The zero-order valence-corrected chi connectivity index (χ0v) is 21.4. The van der Waals surface area contributed by atoms with Crippen LogP contribution in [-0.4, -0.2) is 69.4 Å². The van der Waals surface area contributed by atoms with Gasteiger partial charge >= 0.3 is 0 Å². The van der Waals surface area contributed by atoms with E-state index in [1.165, 1.54) is 26.4 Å². The minimum Gasteiger partial charge on any atom is -0.382 e. The summed E-state index contributed by atoms with van der Waals surface area (Å²) < 4.78 is 42.3. The topological polar surface area (TPSA) is 150 Å². The van der Waals surface area contributed by atoms with Gasteiger partial charge in [-0.05, 0) is 25.8 Å². The molecule has 3 aromatic heterocycles. The first kappa shape index (κ1) is 24.6. The van der Waals surface area contributed by atoms with Gasteiger partial charge in [0.2, 0.25) is 16.0 Å². The van der Waals surface area contributed by atoms with E-state index >= 15 is 0 Å². The molecular formula is C22H25ClN8O4S. The highest BCUT2D eigenvalue weighted by molar-refractivity contribution is 7.93. The van der Waals surface area contributed by atoms with Crippen LogP contribution in [0.2, 0.25) is 5.02 Å². The van der Waals surface area contributed by atoms with Gasteiger partial charge in [-0.1, -0.05) is 29.8 Å². The highest BCUT2D eigenvalue weighted by atomic mass is 35.5. The largest absolute Gasteiger partial charge is 0.382 e. The molecule has 1 aliphatic carbocycles. The number of halogens is 1. The number of nitrogens with zero attached hydrogens (tertiary/aromatic N) is 6. The number of anilines is 1. The quantitative estimate of drug-likeness (QED) is 0.314. The monoisotopic (exact) mass is 532 g/mol. The Morgan fingerprint density at radius 3 is 2.58 bits per heavy atom. The fourth-order valence-corrected chi connectivity index (χ4v) is 5.52. The van der Waals surface area contributed by atoms with Crippen molar-refractivity contribution in [3.63, 3.8) is 0 Å². The molecule has 12 nitrogen and oxygen atoms in total. The van der Waals surface area contributed by atoms with Gasteiger partial charge in [-0.3, -0.25) is 14.4 Å². The summed E-state index contributed by atoms with van der Waals surface area (Å²) in [5.41, 5.74) is 0.915. The molecule has 2 unspecified atom stereocenters. The van der Waals surface area contributed by atoms with E-state index in [4.69, 9.17) is 21.1 Å². The molecule has 2 atom stereocenters. The van der Waals surface area contributed by atoms with E-state index in [1.54, 1.807) is 11.7 Å². The number of fused-ring (bicyclic) bond motifs is 1. The molecule has 36 heavy (non-hydrogen) atoms. The van der Waals surface area contributed by atoms with Crippen LogP contribution in [0.3, 0.4) is 0 Å². The van der Waals surface area contributed by atoms with Gasteiger partial charge in [0.15, 0.2) is 11.6 Å². The molecule has 0 amide bonds. The summed E-state index contributed by atoms with van der Waals surface area (Å²) in [5, 5.41) is 16.1. The summed E-state index contributed by atoms with van der Waals surface area (Å²) in [5.74, 6) is 0.713. The molecule has 1 aliphatic rings. The zero-order chi connectivity index (χ0) is 25.5. The number of hydrogen-bond acceptors (Lipinski definition) is 9. The minimum absolute atomic E-state index is 0.0744. The fraction of sp³-hybridized carbons (Fsp3) is 0.409. The predicted molar refractivity (Wildman–Crippen MR) is 133 cm³/mol. The Kier molecular flexibility index (Phi) is 6.41. The Hall–Kier alpha value is -3.13. The van der Waals surface area contributed by atoms with E-state index in [-0.39, 0.29) is 11.8 Å². The number of H-pyrrole nitrogens is 1. The molecule has 0 radical (unpaired) electrons. The average molecular weight is 533 g/mol. The molecule has 0 bridgehead atoms. The number of aromatic amines is 1. The number of rotatable bonds is 10. The van der Waals surface area contributed by atoms with Crippen LogP contribution in [0.25, 0.3) is 22.4 Å². The maximum Gasteiger partial charge on any atom is 0.240 e. The summed E-state index contributed by atoms with van der Waals surface area (Å²) >= 11 is 5.88. The van der Waals surface area contributed by atoms with Crippen molar-refractivity contribution in [3.05, 3.63) is 47.5 Å². The van der Waals surface area contributed by atoms with Crippen LogP contribution >= 0.6 is 11.6 Å². The van der Waals surface area contributed by atoms with Gasteiger partial charge in [0.25, 0.3) is 0 Å². The maximum atomic E-state index is 13.5. The van der Waals surface area contributed by atoms with Crippen LogP contribution in [-0.2, 0) is 25.0 Å². The highest BCUT2D eigenvalue weighted by Crippen LogP contribution is 2.48. The number of aromatic nitrogens is 7. The Morgan fingerprint density at radius 2 is 1.92 bits per heavy atom. The van der Waals surface area contributed by atoms with Gasteiger partial charge in [0.1, 0.15) is 17.0 Å². The summed E-state index contributed by atoms with van der Waals surface area (Å²) in [6.07, 6.45) is 3.39. The molecule has 1 aromatic carbocycles. The second kappa shape index (κ2) is 9.39. The van der Waals surface area contributed by atoms with Crippen LogP contribution in [0.1, 0.15) is 31.7 Å². The van der Waals surface area contributed by atoms with Crippen LogP contribution in [0.4, 0.5) is 5.95 Å². The average Bonchev–Trinajstić information content (AvgIpc) is 3.32. The van der Waals surface area contributed by atoms with Crippen LogP contribution in [0, 0.1) is 0 Å². The molecule has 1 saturated carbocycles. The maximum absolute atomic E-state index is 13.5. The van der Waals surface area contributed by atoms with Crippen molar-refractivity contribution in [1.29, 1.82) is 0 Å². The summed E-state index contributed by atoms with van der Waals surface area (Å²) in [7, 11) is -1.03. The standard InChI is InChI=1S/C22H25ClN8O4S/c1-13(18(35-3)19-24-10-14(23)11-25-19)36(32,33)30-21-29-28-20(31(21)22(8-9-22)12-34-2)17-15-6-4-5-7-16(15)26-27-17/h4-7,10-11,13,18H,8-9,12H2,1-3H3,(H,26,27)(H,29,30). The Morgan fingerprint density at radius 1 is 1.19 bits per heavy atom. The molecular weight excluding hydrogens is 508 g/mol. The lowest BCUT2D eigenvalue weighted by Gasteiger charge is -2.24. The third-order valence-electron chi connectivity index (χ3n) is 6.36. The number of para-hydroxylation sites is 1. The van der Waals surface area contributed by atoms with Gasteiger partial charge in [-0.2, -0.15) is 5.10 Å². The van der Waals surface area contributed by atoms with E-state index in [0.717, 1.165) is 23.7 Å². The normalized spacial score (nSPS) is 16.7. The first-order valence-corrected chi connectivity index (χ1v) is 13.1. The lowest BCUT2D eigenvalue weighted by atomic mass is 10.2. The van der Waals surface area contributed by atoms with Gasteiger partial charge in [0.05, 0.1) is 22.7 Å². The molecule has 4 aromatic rings. The predicted octanol–water partition coefficient (Wildman–Crippen LogP) is 2.92. The summed E-state index contributed by atoms with van der Waals surface area (Å²) in [4.78, 5) is 8.25. The molecule has 0 aliphatic heterocycles. The smallest absolute Gasteiger partial charge is 0.240 e. The second-order valence-corrected chi connectivity index (χ2v) is 11.2. The second-order valence-electron chi connectivity index (χ2n) is 8.73. The van der Waals surface area contributed by atoms with Crippen molar-refractivity contribution in [3.8, 4) is 11.5 Å². The van der Waals surface area contributed by atoms with Gasteiger partial charge < -0.3 is 9.47 Å². The summed E-state index contributed by atoms with van der Waals surface area (Å²) in [6.45, 7) is 1.88. The van der Waals surface area contributed by atoms with Crippen molar-refractivity contribution >= 4 is 38.5 Å². The molecule has 5 rings (SSSR count). The third-order valence-corrected chi connectivity index (χ3v) is 8.25. The van der Waals surface area contributed by atoms with Gasteiger partial charge in [-0.25, -0.2) is 18.4 Å². The number of sulfonamides is 1. The molecule has 14 heteroatoms. The lowest BCUT2D eigenvalue weighted by Crippen LogP contribution is -2.35. The lowest BCUT2D eigenvalue weighted by molar-refractivity contribution is 0.0950. The number of nitrogens with one attached hydrogen (secondary N) is 2. The zero-order valence-electron chi connectivity index (χ0n) is 19.8. The number of benzene rings is 1. The molecule has 190 valence electrons.